The first-order valence-corrected chi connectivity index (χ1v) is 7.05. The van der Waals surface area contributed by atoms with Crippen molar-refractivity contribution in [2.45, 2.75) is 24.7 Å². The molecule has 0 saturated heterocycles. The van der Waals surface area contributed by atoms with E-state index in [1.54, 1.807) is 6.92 Å². The van der Waals surface area contributed by atoms with Crippen molar-refractivity contribution in [3.8, 4) is 5.75 Å². The Morgan fingerprint density at radius 1 is 1.44 bits per heavy atom. The van der Waals surface area contributed by atoms with Gasteiger partial charge in [0.25, 0.3) is 0 Å². The van der Waals surface area contributed by atoms with Crippen molar-refractivity contribution in [2.24, 2.45) is 0 Å². The molecule has 7 heteroatoms. The number of ketones is 1. The summed E-state index contributed by atoms with van der Waals surface area (Å²) in [7, 11) is -4.15. The van der Waals surface area contributed by atoms with Crippen LogP contribution in [0.25, 0.3) is 0 Å². The van der Waals surface area contributed by atoms with Crippen molar-refractivity contribution in [2.75, 3.05) is 6.61 Å². The predicted octanol–water partition coefficient (Wildman–Crippen LogP) is 2.12. The highest BCUT2D eigenvalue weighted by atomic mass is 35.5. The molecular weight excluding hydrogens is 280 g/mol. The molecule has 18 heavy (non-hydrogen) atoms. The molecule has 0 heterocycles. The Morgan fingerprint density at radius 3 is 2.67 bits per heavy atom. The number of carbonyl (C=O) groups is 1. The topological polar surface area (TPSA) is 80.7 Å². The fraction of sp³-hybridized carbons (Fsp3) is 0.364. The van der Waals surface area contributed by atoms with E-state index in [4.69, 9.17) is 11.6 Å². The van der Waals surface area contributed by atoms with E-state index in [-0.39, 0.29) is 17.2 Å². The van der Waals surface area contributed by atoms with Crippen LogP contribution in [0.3, 0.4) is 0 Å². The predicted molar refractivity (Wildman–Crippen MR) is 66.2 cm³/mol. The van der Waals surface area contributed by atoms with Crippen molar-refractivity contribution in [1.29, 1.82) is 0 Å². The Bertz CT molecular complexity index is 538. The smallest absolute Gasteiger partial charge is 0.301 e. The molecule has 0 bridgehead atoms. The van der Waals surface area contributed by atoms with Crippen molar-refractivity contribution in [1.82, 2.24) is 0 Å². The van der Waals surface area contributed by atoms with Crippen LogP contribution in [0.15, 0.2) is 23.1 Å². The number of benzene rings is 1. The van der Waals surface area contributed by atoms with Gasteiger partial charge in [-0.25, -0.2) is 0 Å². The summed E-state index contributed by atoms with van der Waals surface area (Å²) in [4.78, 5) is 10.8. The SMILES string of the molecule is CCCC(=O)COS(=O)(=O)c1ccc(Cl)cc1O. The molecule has 1 aromatic carbocycles. The maximum Gasteiger partial charge on any atom is 0.301 e. The third-order valence-electron chi connectivity index (χ3n) is 2.09. The Morgan fingerprint density at radius 2 is 2.11 bits per heavy atom. The molecule has 0 atom stereocenters. The average Bonchev–Trinajstić information content (AvgIpc) is 2.26. The summed E-state index contributed by atoms with van der Waals surface area (Å²) >= 11 is 5.59. The molecule has 0 unspecified atom stereocenters. The van der Waals surface area contributed by atoms with E-state index in [0.29, 0.717) is 6.42 Å². The van der Waals surface area contributed by atoms with Gasteiger partial charge in [-0.2, -0.15) is 8.42 Å². The lowest BCUT2D eigenvalue weighted by atomic mass is 10.2. The van der Waals surface area contributed by atoms with E-state index in [1.807, 2.05) is 0 Å². The van der Waals surface area contributed by atoms with Gasteiger partial charge in [0.05, 0.1) is 0 Å². The van der Waals surface area contributed by atoms with E-state index >= 15 is 0 Å². The minimum Gasteiger partial charge on any atom is -0.506 e. The van der Waals surface area contributed by atoms with Crippen LogP contribution < -0.4 is 0 Å². The summed E-state index contributed by atoms with van der Waals surface area (Å²) in [5, 5.41) is 9.67. The lowest BCUT2D eigenvalue weighted by Crippen LogP contribution is -2.14. The van der Waals surface area contributed by atoms with E-state index in [2.05, 4.69) is 4.18 Å². The van der Waals surface area contributed by atoms with E-state index in [1.165, 1.54) is 6.07 Å². The molecule has 100 valence electrons. The zero-order chi connectivity index (χ0) is 13.8. The Hall–Kier alpha value is -1.11. The summed E-state index contributed by atoms with van der Waals surface area (Å²) in [6.45, 7) is 1.27. The molecule has 0 spiro atoms. The Kier molecular flexibility index (Phi) is 5.13. The summed E-state index contributed by atoms with van der Waals surface area (Å²) in [6.07, 6.45) is 0.872. The first-order chi connectivity index (χ1) is 8.36. The van der Waals surface area contributed by atoms with Gasteiger partial charge >= 0.3 is 10.1 Å². The second-order valence-electron chi connectivity index (χ2n) is 3.62. The second-order valence-corrected chi connectivity index (χ2v) is 5.64. The van der Waals surface area contributed by atoms with Crippen molar-refractivity contribution in [3.63, 3.8) is 0 Å². The summed E-state index contributed by atoms with van der Waals surface area (Å²) in [6, 6.07) is 3.52. The van der Waals surface area contributed by atoms with Gasteiger partial charge in [0.1, 0.15) is 17.3 Å². The van der Waals surface area contributed by atoms with Gasteiger partial charge < -0.3 is 5.11 Å². The fourth-order valence-corrected chi connectivity index (χ4v) is 2.39. The number of hydrogen-bond donors (Lipinski definition) is 1. The highest BCUT2D eigenvalue weighted by Crippen LogP contribution is 2.27. The van der Waals surface area contributed by atoms with Crippen LogP contribution in [-0.2, 0) is 19.1 Å². The highest BCUT2D eigenvalue weighted by Gasteiger charge is 2.21. The summed E-state index contributed by atoms with van der Waals surface area (Å²) in [5.74, 6) is -0.819. The third kappa shape index (κ3) is 3.97. The molecule has 1 aromatic rings. The maximum atomic E-state index is 11.7. The van der Waals surface area contributed by atoms with Crippen molar-refractivity contribution < 1.29 is 22.5 Å². The van der Waals surface area contributed by atoms with Gasteiger partial charge in [0.15, 0.2) is 5.78 Å². The van der Waals surface area contributed by atoms with Gasteiger partial charge in [-0.3, -0.25) is 8.98 Å². The van der Waals surface area contributed by atoms with Crippen LogP contribution in [0.1, 0.15) is 19.8 Å². The van der Waals surface area contributed by atoms with E-state index in [0.717, 1.165) is 12.1 Å². The van der Waals surface area contributed by atoms with Crippen LogP contribution in [0, 0.1) is 0 Å². The molecule has 0 fully saturated rings. The molecule has 1 rings (SSSR count). The van der Waals surface area contributed by atoms with Crippen LogP contribution >= 0.6 is 11.6 Å². The number of halogens is 1. The molecule has 0 amide bonds. The standard InChI is InChI=1S/C11H13ClO5S/c1-2-3-9(13)7-17-18(15,16)11-5-4-8(12)6-10(11)14/h4-6,14H,2-3,7H2,1H3. The number of carbonyl (C=O) groups excluding carboxylic acids is 1. The number of phenolic OH excluding ortho intramolecular Hbond substituents is 1. The van der Waals surface area contributed by atoms with Gasteiger partial charge in [-0.1, -0.05) is 18.5 Å². The molecule has 5 nitrogen and oxygen atoms in total. The van der Waals surface area contributed by atoms with Crippen molar-refractivity contribution in [3.05, 3.63) is 23.2 Å². The average molecular weight is 293 g/mol. The largest absolute Gasteiger partial charge is 0.506 e. The minimum atomic E-state index is -4.15. The van der Waals surface area contributed by atoms with Crippen LogP contribution in [0.2, 0.25) is 5.02 Å². The van der Waals surface area contributed by atoms with Gasteiger partial charge in [0, 0.05) is 11.4 Å². The molecule has 0 radical (unpaired) electrons. The first kappa shape index (κ1) is 14.9. The third-order valence-corrected chi connectivity index (χ3v) is 3.64. The zero-order valence-corrected chi connectivity index (χ0v) is 11.3. The molecule has 0 aliphatic rings. The molecule has 0 aliphatic carbocycles. The van der Waals surface area contributed by atoms with Crippen molar-refractivity contribution >= 4 is 27.5 Å². The number of Topliss-reactive ketones (excluding diaryl/α,β-unsaturated/α-hetero) is 1. The number of rotatable bonds is 6. The quantitative estimate of drug-likeness (QED) is 0.812. The van der Waals surface area contributed by atoms with Gasteiger partial charge in [-0.15, -0.1) is 0 Å². The lowest BCUT2D eigenvalue weighted by Gasteiger charge is -2.06. The van der Waals surface area contributed by atoms with Crippen LogP contribution in [-0.4, -0.2) is 25.9 Å². The van der Waals surface area contributed by atoms with E-state index in [9.17, 15) is 18.3 Å². The number of hydrogen-bond acceptors (Lipinski definition) is 5. The normalized spacial score (nSPS) is 11.4. The zero-order valence-electron chi connectivity index (χ0n) is 9.72. The number of aromatic hydroxyl groups is 1. The minimum absolute atomic E-state index is 0.202. The fourth-order valence-electron chi connectivity index (χ4n) is 1.26. The Labute approximate surface area is 110 Å². The lowest BCUT2D eigenvalue weighted by molar-refractivity contribution is -0.121. The second kappa shape index (κ2) is 6.17. The summed E-state index contributed by atoms with van der Waals surface area (Å²) in [5.41, 5.74) is 0. The molecule has 1 N–H and O–H groups in total. The van der Waals surface area contributed by atoms with Crippen LogP contribution in [0.4, 0.5) is 0 Å². The van der Waals surface area contributed by atoms with Gasteiger partial charge in [0.2, 0.25) is 0 Å². The van der Waals surface area contributed by atoms with E-state index < -0.39 is 27.4 Å². The maximum absolute atomic E-state index is 11.7. The monoisotopic (exact) mass is 292 g/mol. The Balaban J connectivity index is 2.83. The molecule has 0 aliphatic heterocycles. The molecule has 0 saturated carbocycles. The number of phenols is 1. The van der Waals surface area contributed by atoms with Crippen LogP contribution in [0.5, 0.6) is 5.75 Å². The highest BCUT2D eigenvalue weighted by molar-refractivity contribution is 7.86. The first-order valence-electron chi connectivity index (χ1n) is 5.26. The van der Waals surface area contributed by atoms with Gasteiger partial charge in [-0.05, 0) is 24.6 Å². The molecule has 0 aromatic heterocycles. The molecular formula is C11H13ClO5S. The summed E-state index contributed by atoms with van der Waals surface area (Å²) < 4.78 is 28.0.